The van der Waals surface area contributed by atoms with Gasteiger partial charge in [0.1, 0.15) is 0 Å². The average Bonchev–Trinajstić information content (AvgIpc) is 3.11. The number of Topliss-reactive ketones (excluding diaryl/α,β-unsaturated/α-hetero) is 1. The summed E-state index contributed by atoms with van der Waals surface area (Å²) in [7, 11) is 0. The third kappa shape index (κ3) is 2.04. The van der Waals surface area contributed by atoms with Crippen LogP contribution >= 0.6 is 0 Å². The summed E-state index contributed by atoms with van der Waals surface area (Å²) in [6, 6.07) is 9.80. The maximum atomic E-state index is 12.6. The summed E-state index contributed by atoms with van der Waals surface area (Å²) >= 11 is 0. The highest BCUT2D eigenvalue weighted by Crippen LogP contribution is 2.45. The summed E-state index contributed by atoms with van der Waals surface area (Å²) in [4.78, 5) is 16.8. The van der Waals surface area contributed by atoms with Crippen LogP contribution in [0.3, 0.4) is 0 Å². The van der Waals surface area contributed by atoms with Crippen LogP contribution < -0.4 is 0 Å². The van der Waals surface area contributed by atoms with E-state index in [4.69, 9.17) is 0 Å². The van der Waals surface area contributed by atoms with E-state index in [0.29, 0.717) is 6.42 Å². The Bertz CT molecular complexity index is 712. The first kappa shape index (κ1) is 12.6. The Morgan fingerprint density at radius 1 is 1.19 bits per heavy atom. The average molecular weight is 278 g/mol. The van der Waals surface area contributed by atoms with Crippen molar-refractivity contribution in [1.29, 1.82) is 0 Å². The van der Waals surface area contributed by atoms with Crippen LogP contribution in [-0.2, 0) is 0 Å². The summed E-state index contributed by atoms with van der Waals surface area (Å²) in [6.45, 7) is 0. The molecule has 2 aromatic rings. The molecule has 106 valence electrons. The van der Waals surface area contributed by atoms with E-state index in [0.717, 1.165) is 18.4 Å². The summed E-state index contributed by atoms with van der Waals surface area (Å²) in [5, 5.41) is 0. The molecule has 0 spiro atoms. The zero-order valence-electron chi connectivity index (χ0n) is 12.0. The predicted octanol–water partition coefficient (Wildman–Crippen LogP) is 4.04. The molecule has 4 rings (SSSR count). The minimum absolute atomic E-state index is 0.186. The molecule has 1 aromatic carbocycles. The fraction of sp³-hybridized carbons (Fsp3) is 0.333. The van der Waals surface area contributed by atoms with Gasteiger partial charge in [0.25, 0.3) is 0 Å². The van der Waals surface area contributed by atoms with Gasteiger partial charge in [0, 0.05) is 12.0 Å². The number of carbonyl (C=O) groups is 1. The molecule has 1 aliphatic carbocycles. The van der Waals surface area contributed by atoms with Gasteiger partial charge in [-0.05, 0) is 36.8 Å². The number of carbonyl (C=O) groups excluding carboxylic acids is 1. The lowest BCUT2D eigenvalue weighted by Crippen LogP contribution is -2.13. The van der Waals surface area contributed by atoms with Crippen LogP contribution in [-0.4, -0.2) is 15.3 Å². The Morgan fingerprint density at radius 3 is 2.86 bits per heavy atom. The van der Waals surface area contributed by atoms with E-state index in [1.807, 2.05) is 42.9 Å². The molecule has 0 fully saturated rings. The smallest absolute Gasteiger partial charge is 0.165 e. The van der Waals surface area contributed by atoms with Crippen molar-refractivity contribution in [3.63, 3.8) is 0 Å². The minimum Gasteiger partial charge on any atom is -0.323 e. The van der Waals surface area contributed by atoms with Crippen LogP contribution in [0.1, 0.15) is 54.2 Å². The largest absolute Gasteiger partial charge is 0.323 e. The number of nitrogens with zero attached hydrogens (tertiary/aromatic N) is 2. The first-order valence-electron chi connectivity index (χ1n) is 7.67. The van der Waals surface area contributed by atoms with Gasteiger partial charge < -0.3 is 4.57 Å². The maximum Gasteiger partial charge on any atom is 0.165 e. The molecule has 0 saturated heterocycles. The second-order valence-electron chi connectivity index (χ2n) is 5.91. The SMILES string of the molecule is O=C(CC1C2=C(CCCC2)c2cncn21)c1ccccc1. The van der Waals surface area contributed by atoms with Crippen LogP contribution in [0.15, 0.2) is 48.4 Å². The quantitative estimate of drug-likeness (QED) is 0.794. The summed E-state index contributed by atoms with van der Waals surface area (Å²) < 4.78 is 2.21. The molecule has 1 atom stereocenters. The molecule has 21 heavy (non-hydrogen) atoms. The van der Waals surface area contributed by atoms with E-state index in [1.165, 1.54) is 29.7 Å². The van der Waals surface area contributed by atoms with Gasteiger partial charge >= 0.3 is 0 Å². The Balaban J connectivity index is 1.66. The van der Waals surface area contributed by atoms with Crippen molar-refractivity contribution in [1.82, 2.24) is 9.55 Å². The van der Waals surface area contributed by atoms with Crippen molar-refractivity contribution in [2.75, 3.05) is 0 Å². The second-order valence-corrected chi connectivity index (χ2v) is 5.91. The fourth-order valence-corrected chi connectivity index (χ4v) is 3.68. The Labute approximate surface area is 124 Å². The lowest BCUT2D eigenvalue weighted by Gasteiger charge is -2.20. The van der Waals surface area contributed by atoms with E-state index in [9.17, 15) is 4.79 Å². The number of hydrogen-bond acceptors (Lipinski definition) is 2. The monoisotopic (exact) mass is 278 g/mol. The van der Waals surface area contributed by atoms with Crippen molar-refractivity contribution in [3.8, 4) is 0 Å². The van der Waals surface area contributed by atoms with E-state index < -0.39 is 0 Å². The van der Waals surface area contributed by atoms with Crippen molar-refractivity contribution in [2.24, 2.45) is 0 Å². The highest BCUT2D eigenvalue weighted by molar-refractivity contribution is 5.97. The van der Waals surface area contributed by atoms with Crippen molar-refractivity contribution < 1.29 is 4.79 Å². The minimum atomic E-state index is 0.186. The van der Waals surface area contributed by atoms with Gasteiger partial charge in [-0.25, -0.2) is 4.98 Å². The number of hydrogen-bond donors (Lipinski definition) is 0. The summed E-state index contributed by atoms with van der Waals surface area (Å²) in [5.41, 5.74) is 4.96. The first-order chi connectivity index (χ1) is 10.3. The highest BCUT2D eigenvalue weighted by Gasteiger charge is 2.33. The Kier molecular flexibility index (Phi) is 2.99. The molecule has 1 aliphatic heterocycles. The predicted molar refractivity (Wildman–Crippen MR) is 82.0 cm³/mol. The third-order valence-electron chi connectivity index (χ3n) is 4.70. The number of imidazole rings is 1. The highest BCUT2D eigenvalue weighted by atomic mass is 16.1. The zero-order valence-corrected chi connectivity index (χ0v) is 12.0. The second kappa shape index (κ2) is 4.99. The molecule has 0 radical (unpaired) electrons. The van der Waals surface area contributed by atoms with E-state index >= 15 is 0 Å². The molecule has 0 saturated carbocycles. The van der Waals surface area contributed by atoms with Gasteiger partial charge in [-0.1, -0.05) is 30.3 Å². The summed E-state index contributed by atoms with van der Waals surface area (Å²) in [6.07, 6.45) is 9.15. The topological polar surface area (TPSA) is 34.9 Å². The molecular formula is C18H18N2O. The molecule has 0 bridgehead atoms. The van der Waals surface area contributed by atoms with Crippen LogP contribution in [0, 0.1) is 0 Å². The van der Waals surface area contributed by atoms with Crippen LogP contribution in [0.5, 0.6) is 0 Å². The maximum absolute atomic E-state index is 12.6. The van der Waals surface area contributed by atoms with Crippen LogP contribution in [0.25, 0.3) is 5.57 Å². The van der Waals surface area contributed by atoms with Crippen molar-refractivity contribution >= 4 is 11.4 Å². The number of benzene rings is 1. The Morgan fingerprint density at radius 2 is 2.00 bits per heavy atom. The molecular weight excluding hydrogens is 260 g/mol. The van der Waals surface area contributed by atoms with Gasteiger partial charge in [0.15, 0.2) is 5.78 Å². The number of rotatable bonds is 3. The van der Waals surface area contributed by atoms with Crippen molar-refractivity contribution in [3.05, 3.63) is 59.7 Å². The normalized spacial score (nSPS) is 20.3. The zero-order chi connectivity index (χ0) is 14.2. The van der Waals surface area contributed by atoms with Crippen molar-refractivity contribution in [2.45, 2.75) is 38.1 Å². The third-order valence-corrected chi connectivity index (χ3v) is 4.70. The lowest BCUT2D eigenvalue weighted by molar-refractivity contribution is 0.0969. The summed E-state index contributed by atoms with van der Waals surface area (Å²) in [5.74, 6) is 0.222. The van der Waals surface area contributed by atoms with Crippen LogP contribution in [0.4, 0.5) is 0 Å². The van der Waals surface area contributed by atoms with Gasteiger partial charge in [-0.3, -0.25) is 4.79 Å². The molecule has 2 aliphatic rings. The molecule has 0 amide bonds. The van der Waals surface area contributed by atoms with Crippen LogP contribution in [0.2, 0.25) is 0 Å². The van der Waals surface area contributed by atoms with E-state index in [2.05, 4.69) is 9.55 Å². The van der Waals surface area contributed by atoms with E-state index in [1.54, 1.807) is 0 Å². The lowest BCUT2D eigenvalue weighted by atomic mass is 9.87. The Hall–Kier alpha value is -2.16. The van der Waals surface area contributed by atoms with E-state index in [-0.39, 0.29) is 11.8 Å². The molecule has 3 nitrogen and oxygen atoms in total. The molecule has 3 heteroatoms. The number of fused-ring (bicyclic) bond motifs is 2. The van der Waals surface area contributed by atoms with Gasteiger partial charge in [-0.2, -0.15) is 0 Å². The molecule has 2 heterocycles. The molecule has 0 N–H and O–H groups in total. The first-order valence-corrected chi connectivity index (χ1v) is 7.67. The number of ketones is 1. The number of aromatic nitrogens is 2. The van der Waals surface area contributed by atoms with Gasteiger partial charge in [-0.15, -0.1) is 0 Å². The molecule has 1 unspecified atom stereocenters. The standard InChI is InChI=1S/C18H18N2O/c21-18(13-6-2-1-3-7-13)10-16-14-8-4-5-9-15(14)17-11-19-12-20(16)17/h1-3,6-7,11-12,16H,4-5,8-10H2. The molecule has 1 aromatic heterocycles. The fourth-order valence-electron chi connectivity index (χ4n) is 3.68. The number of allylic oxidation sites excluding steroid dienone is 2. The van der Waals surface area contributed by atoms with Gasteiger partial charge in [0.2, 0.25) is 0 Å². The van der Waals surface area contributed by atoms with Gasteiger partial charge in [0.05, 0.1) is 24.3 Å².